The number of nitrogens with one attached hydrogen (secondary N) is 1. The van der Waals surface area contributed by atoms with E-state index in [-0.39, 0.29) is 27.2 Å². The molecule has 1 N–H and O–H groups in total. The normalized spacial score (nSPS) is 12.5. The van der Waals surface area contributed by atoms with Gasteiger partial charge in [-0.1, -0.05) is 71.2 Å². The molecule has 0 saturated carbocycles. The Morgan fingerprint density at radius 3 is 2.03 bits per heavy atom. The summed E-state index contributed by atoms with van der Waals surface area (Å²) in [6.07, 6.45) is 0. The van der Waals surface area contributed by atoms with Gasteiger partial charge < -0.3 is 10.2 Å². The van der Waals surface area contributed by atoms with Crippen molar-refractivity contribution < 1.29 is 18.0 Å². The van der Waals surface area contributed by atoms with Crippen molar-refractivity contribution in [3.05, 3.63) is 93.4 Å². The Bertz CT molecular complexity index is 1420. The van der Waals surface area contributed by atoms with E-state index in [4.69, 9.17) is 34.8 Å². The minimum absolute atomic E-state index is 0.0211. The lowest BCUT2D eigenvalue weighted by molar-refractivity contribution is -0.140. The molecule has 0 aliphatic carbocycles. The smallest absolute Gasteiger partial charge is 0.264 e. The van der Waals surface area contributed by atoms with Crippen molar-refractivity contribution >= 4 is 62.3 Å². The highest BCUT2D eigenvalue weighted by Gasteiger charge is 2.33. The summed E-state index contributed by atoms with van der Waals surface area (Å²) in [6, 6.07) is 18.0. The molecule has 0 fully saturated rings. The first-order valence-electron chi connectivity index (χ1n) is 12.1. The molecule has 208 valence electrons. The fourth-order valence-corrected chi connectivity index (χ4v) is 5.93. The highest BCUT2D eigenvalue weighted by atomic mass is 35.5. The van der Waals surface area contributed by atoms with Gasteiger partial charge in [0.1, 0.15) is 12.6 Å². The van der Waals surface area contributed by atoms with Crippen LogP contribution < -0.4 is 9.62 Å². The number of nitrogens with zero attached hydrogens (tertiary/aromatic N) is 2. The van der Waals surface area contributed by atoms with Crippen LogP contribution in [0.15, 0.2) is 77.7 Å². The number of carbonyl (C=O) groups excluding carboxylic acids is 2. The molecule has 2 amide bonds. The summed E-state index contributed by atoms with van der Waals surface area (Å²) in [7, 11) is -4.23. The van der Waals surface area contributed by atoms with Crippen LogP contribution in [-0.2, 0) is 26.2 Å². The van der Waals surface area contributed by atoms with Gasteiger partial charge in [-0.25, -0.2) is 8.42 Å². The van der Waals surface area contributed by atoms with E-state index in [0.717, 1.165) is 4.31 Å². The standard InChI is InChI=1S/C28H30Cl3N3O4S/c1-19(27(36)32-28(2,3)4)33(17-20-10-8-9-13-25(20)31)26(35)18-34(23-15-21(29)14-22(30)16-23)39(37,38)24-11-6-5-7-12-24/h5-16,19H,17-18H2,1-4H3,(H,32,36)/t19-/m1/s1. The van der Waals surface area contributed by atoms with Gasteiger partial charge in [-0.3, -0.25) is 13.9 Å². The predicted octanol–water partition coefficient (Wildman–Crippen LogP) is 6.17. The Kier molecular flexibility index (Phi) is 9.93. The molecular formula is C28H30Cl3N3O4S. The minimum Gasteiger partial charge on any atom is -0.350 e. The van der Waals surface area contributed by atoms with E-state index in [1.54, 1.807) is 49.4 Å². The molecule has 0 spiro atoms. The second-order valence-corrected chi connectivity index (χ2v) is 13.1. The van der Waals surface area contributed by atoms with Crippen molar-refractivity contribution in [2.75, 3.05) is 10.8 Å². The number of sulfonamides is 1. The van der Waals surface area contributed by atoms with Crippen molar-refractivity contribution in [3.63, 3.8) is 0 Å². The molecule has 0 aromatic heterocycles. The zero-order valence-corrected chi connectivity index (χ0v) is 25.1. The fourth-order valence-electron chi connectivity index (χ4n) is 3.80. The van der Waals surface area contributed by atoms with Crippen LogP contribution in [0.5, 0.6) is 0 Å². The molecule has 0 heterocycles. The molecule has 7 nitrogen and oxygen atoms in total. The van der Waals surface area contributed by atoms with Crippen LogP contribution in [0.3, 0.4) is 0 Å². The summed E-state index contributed by atoms with van der Waals surface area (Å²) in [4.78, 5) is 28.4. The summed E-state index contributed by atoms with van der Waals surface area (Å²) in [5.41, 5.74) is 0.158. The molecule has 3 rings (SSSR count). The van der Waals surface area contributed by atoms with E-state index in [1.807, 2.05) is 20.8 Å². The maximum atomic E-state index is 13.9. The van der Waals surface area contributed by atoms with Crippen LogP contribution in [0.1, 0.15) is 33.3 Å². The highest BCUT2D eigenvalue weighted by molar-refractivity contribution is 7.92. The van der Waals surface area contributed by atoms with Crippen molar-refractivity contribution in [2.45, 2.75) is 50.7 Å². The van der Waals surface area contributed by atoms with Gasteiger partial charge in [0.05, 0.1) is 10.6 Å². The lowest BCUT2D eigenvalue weighted by Crippen LogP contribution is -2.54. The van der Waals surface area contributed by atoms with E-state index in [0.29, 0.717) is 10.6 Å². The summed E-state index contributed by atoms with van der Waals surface area (Å²) in [6.45, 7) is 6.43. The molecule has 39 heavy (non-hydrogen) atoms. The van der Waals surface area contributed by atoms with Gasteiger partial charge in [0.25, 0.3) is 10.0 Å². The first-order valence-corrected chi connectivity index (χ1v) is 14.7. The summed E-state index contributed by atoms with van der Waals surface area (Å²) < 4.78 is 28.5. The van der Waals surface area contributed by atoms with Crippen molar-refractivity contribution in [2.24, 2.45) is 0 Å². The van der Waals surface area contributed by atoms with Crippen LogP contribution in [0, 0.1) is 0 Å². The van der Waals surface area contributed by atoms with Crippen LogP contribution in [-0.4, -0.2) is 43.3 Å². The number of rotatable bonds is 9. The Labute approximate surface area is 244 Å². The number of hydrogen-bond acceptors (Lipinski definition) is 4. The molecule has 1 atom stereocenters. The fraction of sp³-hybridized carbons (Fsp3) is 0.286. The molecular weight excluding hydrogens is 581 g/mol. The van der Waals surface area contributed by atoms with Crippen LogP contribution in [0.4, 0.5) is 5.69 Å². The lowest BCUT2D eigenvalue weighted by Gasteiger charge is -2.33. The van der Waals surface area contributed by atoms with Crippen LogP contribution in [0.2, 0.25) is 15.1 Å². The van der Waals surface area contributed by atoms with Crippen molar-refractivity contribution in [3.8, 4) is 0 Å². The molecule has 0 radical (unpaired) electrons. The second-order valence-electron chi connectivity index (χ2n) is 9.98. The van der Waals surface area contributed by atoms with Gasteiger partial charge in [-0.2, -0.15) is 0 Å². The summed E-state index contributed by atoms with van der Waals surface area (Å²) in [5, 5.41) is 3.69. The highest BCUT2D eigenvalue weighted by Crippen LogP contribution is 2.30. The third-order valence-corrected chi connectivity index (χ3v) is 8.30. The summed E-state index contributed by atoms with van der Waals surface area (Å²) in [5.74, 6) is -1.02. The van der Waals surface area contributed by atoms with Crippen LogP contribution in [0.25, 0.3) is 0 Å². The number of hydrogen-bond donors (Lipinski definition) is 1. The van der Waals surface area contributed by atoms with E-state index in [1.165, 1.54) is 35.2 Å². The largest absolute Gasteiger partial charge is 0.350 e. The topological polar surface area (TPSA) is 86.8 Å². The van der Waals surface area contributed by atoms with Gasteiger partial charge in [0, 0.05) is 27.2 Å². The Morgan fingerprint density at radius 1 is 0.897 bits per heavy atom. The van der Waals surface area contributed by atoms with Gasteiger partial charge >= 0.3 is 0 Å². The van der Waals surface area contributed by atoms with Crippen LogP contribution >= 0.6 is 34.8 Å². The first-order chi connectivity index (χ1) is 18.2. The average Bonchev–Trinajstić information content (AvgIpc) is 2.85. The monoisotopic (exact) mass is 609 g/mol. The Morgan fingerprint density at radius 2 is 1.46 bits per heavy atom. The Hall–Kier alpha value is -2.78. The maximum Gasteiger partial charge on any atom is 0.264 e. The van der Waals surface area contributed by atoms with E-state index < -0.39 is 40.0 Å². The lowest BCUT2D eigenvalue weighted by atomic mass is 10.1. The molecule has 0 saturated heterocycles. The first kappa shape index (κ1) is 30.8. The molecule has 0 aliphatic heterocycles. The molecule has 0 bridgehead atoms. The predicted molar refractivity (Wildman–Crippen MR) is 157 cm³/mol. The van der Waals surface area contributed by atoms with Crippen molar-refractivity contribution in [1.29, 1.82) is 0 Å². The van der Waals surface area contributed by atoms with E-state index in [9.17, 15) is 18.0 Å². The number of halogens is 3. The average molecular weight is 611 g/mol. The minimum atomic E-state index is -4.23. The van der Waals surface area contributed by atoms with E-state index in [2.05, 4.69) is 5.32 Å². The third-order valence-electron chi connectivity index (χ3n) is 5.71. The number of benzene rings is 3. The summed E-state index contributed by atoms with van der Waals surface area (Å²) >= 11 is 18.8. The molecule has 0 unspecified atom stereocenters. The molecule has 3 aromatic rings. The number of carbonyl (C=O) groups is 2. The quantitative estimate of drug-likeness (QED) is 0.314. The van der Waals surface area contributed by atoms with Gasteiger partial charge in [-0.15, -0.1) is 0 Å². The zero-order valence-electron chi connectivity index (χ0n) is 22.0. The molecule has 11 heteroatoms. The van der Waals surface area contributed by atoms with E-state index >= 15 is 0 Å². The SMILES string of the molecule is C[C@H](C(=O)NC(C)(C)C)N(Cc1ccccc1Cl)C(=O)CN(c1cc(Cl)cc(Cl)c1)S(=O)(=O)c1ccccc1. The van der Waals surface area contributed by atoms with Gasteiger partial charge in [0.2, 0.25) is 11.8 Å². The zero-order chi connectivity index (χ0) is 29.0. The maximum absolute atomic E-state index is 13.9. The number of amides is 2. The Balaban J connectivity index is 2.07. The molecule has 0 aliphatic rings. The second kappa shape index (κ2) is 12.6. The molecule has 3 aromatic carbocycles. The van der Waals surface area contributed by atoms with Gasteiger partial charge in [0.15, 0.2) is 0 Å². The van der Waals surface area contributed by atoms with Crippen molar-refractivity contribution in [1.82, 2.24) is 10.2 Å². The number of anilines is 1. The van der Waals surface area contributed by atoms with Gasteiger partial charge in [-0.05, 0) is 69.7 Å². The third kappa shape index (κ3) is 8.11.